The predicted octanol–water partition coefficient (Wildman–Crippen LogP) is 2.53. The number of imidazole rings is 1. The second-order valence-electron chi connectivity index (χ2n) is 9.42. The van der Waals surface area contributed by atoms with Crippen molar-refractivity contribution in [3.8, 4) is 0 Å². The Labute approximate surface area is 199 Å². The Morgan fingerprint density at radius 2 is 1.76 bits per heavy atom. The lowest BCUT2D eigenvalue weighted by molar-refractivity contribution is -0.136. The molecular weight excluding hydrogens is 430 g/mol. The minimum absolute atomic E-state index is 0.0190. The van der Waals surface area contributed by atoms with Gasteiger partial charge in [-0.3, -0.25) is 23.8 Å². The Morgan fingerprint density at radius 1 is 1.03 bits per heavy atom. The fraction of sp³-hybridized carbons (Fsp3) is 0.500. The van der Waals surface area contributed by atoms with E-state index < -0.39 is 0 Å². The Morgan fingerprint density at radius 3 is 2.50 bits per heavy atom. The third kappa shape index (κ3) is 4.52. The van der Waals surface area contributed by atoms with Crippen LogP contribution in [0.1, 0.15) is 30.9 Å². The van der Waals surface area contributed by atoms with Gasteiger partial charge in [0.15, 0.2) is 0 Å². The molecule has 1 atom stereocenters. The van der Waals surface area contributed by atoms with Crippen molar-refractivity contribution in [2.75, 3.05) is 39.9 Å². The van der Waals surface area contributed by atoms with Crippen molar-refractivity contribution < 1.29 is 9.53 Å². The van der Waals surface area contributed by atoms with Crippen LogP contribution in [-0.2, 0) is 22.6 Å². The summed E-state index contributed by atoms with van der Waals surface area (Å²) in [6.07, 6.45) is 6.15. The van der Waals surface area contributed by atoms with Gasteiger partial charge in [0.1, 0.15) is 0 Å². The second-order valence-corrected chi connectivity index (χ2v) is 9.42. The monoisotopic (exact) mass is 463 g/mol. The number of hydrogen-bond acceptors (Lipinski definition) is 5. The number of pyridine rings is 1. The number of aromatic nitrogens is 3. The summed E-state index contributed by atoms with van der Waals surface area (Å²) in [5.41, 5.74) is 3.17. The SMILES string of the molecule is COCCn1c(=O)n(C2CCN(C(=O)C3CCN(Cc4ccncc4)C3)CC2)c2ccccc21. The van der Waals surface area contributed by atoms with Gasteiger partial charge in [-0.05, 0) is 55.6 Å². The maximum Gasteiger partial charge on any atom is 0.329 e. The van der Waals surface area contributed by atoms with E-state index in [9.17, 15) is 9.59 Å². The highest BCUT2D eigenvalue weighted by Gasteiger charge is 2.34. The highest BCUT2D eigenvalue weighted by atomic mass is 16.5. The van der Waals surface area contributed by atoms with E-state index in [0.717, 1.165) is 49.9 Å². The number of carbonyl (C=O) groups excluding carboxylic acids is 1. The van der Waals surface area contributed by atoms with Crippen LogP contribution in [0.4, 0.5) is 0 Å². The van der Waals surface area contributed by atoms with Gasteiger partial charge in [-0.25, -0.2) is 4.79 Å². The first kappa shape index (κ1) is 22.8. The molecule has 0 aliphatic carbocycles. The van der Waals surface area contributed by atoms with Crippen LogP contribution in [0.15, 0.2) is 53.6 Å². The van der Waals surface area contributed by atoms with E-state index in [1.54, 1.807) is 7.11 Å². The Balaban J connectivity index is 1.22. The van der Waals surface area contributed by atoms with Gasteiger partial charge in [0.2, 0.25) is 5.91 Å². The summed E-state index contributed by atoms with van der Waals surface area (Å²) in [6.45, 7) is 5.07. The Hall–Kier alpha value is -2.97. The van der Waals surface area contributed by atoms with Crippen molar-refractivity contribution >= 4 is 16.9 Å². The van der Waals surface area contributed by atoms with Gasteiger partial charge in [-0.2, -0.15) is 0 Å². The van der Waals surface area contributed by atoms with Crippen molar-refractivity contribution in [3.05, 3.63) is 64.8 Å². The van der Waals surface area contributed by atoms with Gasteiger partial charge in [0.05, 0.1) is 30.1 Å². The molecule has 2 fully saturated rings. The first-order chi connectivity index (χ1) is 16.7. The predicted molar refractivity (Wildman–Crippen MR) is 131 cm³/mol. The maximum absolute atomic E-state index is 13.3. The highest BCUT2D eigenvalue weighted by molar-refractivity contribution is 5.79. The lowest BCUT2D eigenvalue weighted by Gasteiger charge is -2.34. The van der Waals surface area contributed by atoms with Gasteiger partial charge in [-0.15, -0.1) is 0 Å². The zero-order valence-corrected chi connectivity index (χ0v) is 19.8. The highest BCUT2D eigenvalue weighted by Crippen LogP contribution is 2.28. The second kappa shape index (κ2) is 10.1. The van der Waals surface area contributed by atoms with Crippen molar-refractivity contribution in [3.63, 3.8) is 0 Å². The molecule has 4 heterocycles. The van der Waals surface area contributed by atoms with Crippen molar-refractivity contribution in [1.29, 1.82) is 0 Å². The Bertz CT molecular complexity index is 1180. The van der Waals surface area contributed by atoms with E-state index in [4.69, 9.17) is 4.74 Å². The number of nitrogens with zero attached hydrogens (tertiary/aromatic N) is 5. The number of ether oxygens (including phenoxy) is 1. The normalized spacial score (nSPS) is 19.8. The van der Waals surface area contributed by atoms with Crippen LogP contribution >= 0.6 is 0 Å². The smallest absolute Gasteiger partial charge is 0.329 e. The quantitative estimate of drug-likeness (QED) is 0.539. The van der Waals surface area contributed by atoms with E-state index in [0.29, 0.717) is 26.2 Å². The van der Waals surface area contributed by atoms with E-state index in [1.165, 1.54) is 5.56 Å². The molecule has 0 spiro atoms. The first-order valence-corrected chi connectivity index (χ1v) is 12.2. The molecule has 8 nitrogen and oxygen atoms in total. The zero-order chi connectivity index (χ0) is 23.5. The first-order valence-electron chi connectivity index (χ1n) is 12.2. The van der Waals surface area contributed by atoms with Crippen molar-refractivity contribution in [2.24, 2.45) is 5.92 Å². The van der Waals surface area contributed by atoms with E-state index in [-0.39, 0.29) is 23.6 Å². The molecular formula is C26H33N5O3. The van der Waals surface area contributed by atoms with Gasteiger partial charge in [0.25, 0.3) is 0 Å². The number of methoxy groups -OCH3 is 1. The number of likely N-dealkylation sites (tertiary alicyclic amines) is 2. The molecule has 34 heavy (non-hydrogen) atoms. The molecule has 0 N–H and O–H groups in total. The molecule has 1 aromatic carbocycles. The maximum atomic E-state index is 13.3. The summed E-state index contributed by atoms with van der Waals surface area (Å²) >= 11 is 0. The number of rotatable bonds is 7. The van der Waals surface area contributed by atoms with E-state index >= 15 is 0 Å². The molecule has 0 bridgehead atoms. The molecule has 1 amide bonds. The summed E-state index contributed by atoms with van der Waals surface area (Å²) in [5.74, 6) is 0.336. The minimum atomic E-state index is 0.0190. The molecule has 3 aromatic rings. The molecule has 0 saturated carbocycles. The molecule has 8 heteroatoms. The number of carbonyl (C=O) groups is 1. The van der Waals surface area contributed by atoms with Crippen LogP contribution in [0.3, 0.4) is 0 Å². The Kier molecular flexibility index (Phi) is 6.78. The fourth-order valence-electron chi connectivity index (χ4n) is 5.51. The van der Waals surface area contributed by atoms with E-state index in [2.05, 4.69) is 9.88 Å². The zero-order valence-electron chi connectivity index (χ0n) is 19.8. The third-order valence-electron chi connectivity index (χ3n) is 7.31. The lowest BCUT2D eigenvalue weighted by Crippen LogP contribution is -2.44. The number of benzene rings is 1. The molecule has 2 aliphatic heterocycles. The minimum Gasteiger partial charge on any atom is -0.383 e. The number of hydrogen-bond donors (Lipinski definition) is 0. The topological polar surface area (TPSA) is 72.6 Å². The standard InChI is InChI=1S/C26H33N5O3/c1-34-17-16-30-23-4-2-3-5-24(23)31(26(30)33)22-9-14-29(15-10-22)25(32)21-8-13-28(19-21)18-20-6-11-27-12-7-20/h2-7,11-12,21-22H,8-10,13-19H2,1H3. The number of para-hydroxylation sites is 2. The van der Waals surface area contributed by atoms with Crippen LogP contribution in [0.25, 0.3) is 11.0 Å². The molecule has 2 aliphatic rings. The number of amides is 1. The van der Waals surface area contributed by atoms with Gasteiger partial charge in [0, 0.05) is 51.7 Å². The van der Waals surface area contributed by atoms with Crippen LogP contribution in [0.2, 0.25) is 0 Å². The molecule has 5 rings (SSSR count). The summed E-state index contributed by atoms with van der Waals surface area (Å²) in [7, 11) is 1.65. The van der Waals surface area contributed by atoms with Crippen LogP contribution in [-0.4, -0.2) is 69.7 Å². The van der Waals surface area contributed by atoms with Gasteiger partial charge < -0.3 is 9.64 Å². The fourth-order valence-corrected chi connectivity index (χ4v) is 5.51. The molecule has 180 valence electrons. The average molecular weight is 464 g/mol. The summed E-state index contributed by atoms with van der Waals surface area (Å²) in [6, 6.07) is 12.2. The molecule has 1 unspecified atom stereocenters. The van der Waals surface area contributed by atoms with Gasteiger partial charge in [-0.1, -0.05) is 12.1 Å². The third-order valence-corrected chi connectivity index (χ3v) is 7.31. The van der Waals surface area contributed by atoms with Crippen LogP contribution < -0.4 is 5.69 Å². The summed E-state index contributed by atoms with van der Waals surface area (Å²) in [5, 5.41) is 0. The van der Waals surface area contributed by atoms with Crippen LogP contribution in [0.5, 0.6) is 0 Å². The molecule has 2 aromatic heterocycles. The van der Waals surface area contributed by atoms with Crippen LogP contribution in [0, 0.1) is 5.92 Å². The number of fused-ring (bicyclic) bond motifs is 1. The average Bonchev–Trinajstić information content (AvgIpc) is 3.45. The van der Waals surface area contributed by atoms with E-state index in [1.807, 2.05) is 62.8 Å². The number of piperidine rings is 1. The summed E-state index contributed by atoms with van der Waals surface area (Å²) in [4.78, 5) is 35.0. The van der Waals surface area contributed by atoms with Crippen molar-refractivity contribution in [1.82, 2.24) is 23.9 Å². The van der Waals surface area contributed by atoms with Crippen molar-refractivity contribution in [2.45, 2.75) is 38.4 Å². The molecule has 0 radical (unpaired) electrons. The van der Waals surface area contributed by atoms with Gasteiger partial charge >= 0.3 is 5.69 Å². The lowest BCUT2D eigenvalue weighted by atomic mass is 10.0. The largest absolute Gasteiger partial charge is 0.383 e. The summed E-state index contributed by atoms with van der Waals surface area (Å²) < 4.78 is 8.97. The molecule has 2 saturated heterocycles.